The van der Waals surface area contributed by atoms with Crippen molar-refractivity contribution in [2.75, 3.05) is 0 Å². The van der Waals surface area contributed by atoms with Crippen LogP contribution in [0.4, 0.5) is 0 Å². The molecule has 2 aromatic carbocycles. The van der Waals surface area contributed by atoms with Gasteiger partial charge >= 0.3 is 0 Å². The molecule has 112 valence electrons. The van der Waals surface area contributed by atoms with E-state index in [9.17, 15) is 5.11 Å². The number of hydrogen-bond donors (Lipinski definition) is 1. The van der Waals surface area contributed by atoms with E-state index in [1.54, 1.807) is 6.92 Å². The molecule has 0 aliphatic carbocycles. The van der Waals surface area contributed by atoms with Gasteiger partial charge in [0.05, 0.1) is 6.10 Å². The minimum atomic E-state index is -0.548. The molecule has 0 heterocycles. The summed E-state index contributed by atoms with van der Waals surface area (Å²) in [5.74, 6) is 0.721. The Morgan fingerprint density at radius 1 is 1.10 bits per heavy atom. The summed E-state index contributed by atoms with van der Waals surface area (Å²) in [6, 6.07) is 10.0. The number of aryl methyl sites for hydroxylation is 3. The molecule has 0 aliphatic heterocycles. The molecule has 0 spiro atoms. The standard InChI is InChI=1S/C18H21BrO2/c1-11-7-12(2)17(13(3)8-11)10-21-18-9-15(19)5-6-16(18)14(4)20/h5-9,14,20H,10H2,1-4H3/t14-/m1/s1. The Morgan fingerprint density at radius 3 is 2.29 bits per heavy atom. The van der Waals surface area contributed by atoms with Gasteiger partial charge in [-0.1, -0.05) is 39.7 Å². The van der Waals surface area contributed by atoms with E-state index in [0.717, 1.165) is 15.8 Å². The van der Waals surface area contributed by atoms with Crippen molar-refractivity contribution in [2.45, 2.75) is 40.4 Å². The van der Waals surface area contributed by atoms with Crippen LogP contribution < -0.4 is 4.74 Å². The van der Waals surface area contributed by atoms with Crippen molar-refractivity contribution in [3.63, 3.8) is 0 Å². The third kappa shape index (κ3) is 3.86. The van der Waals surface area contributed by atoms with Crippen LogP contribution in [0.5, 0.6) is 5.75 Å². The van der Waals surface area contributed by atoms with E-state index in [2.05, 4.69) is 48.8 Å². The van der Waals surface area contributed by atoms with Crippen molar-refractivity contribution in [1.29, 1.82) is 0 Å². The molecular weight excluding hydrogens is 328 g/mol. The van der Waals surface area contributed by atoms with Crippen LogP contribution in [0.1, 0.15) is 40.8 Å². The summed E-state index contributed by atoms with van der Waals surface area (Å²) in [6.07, 6.45) is -0.548. The fraction of sp³-hybridized carbons (Fsp3) is 0.333. The fourth-order valence-corrected chi connectivity index (χ4v) is 2.91. The Labute approximate surface area is 134 Å². The van der Waals surface area contributed by atoms with Gasteiger partial charge in [0.15, 0.2) is 0 Å². The second-order valence-electron chi connectivity index (χ2n) is 5.52. The monoisotopic (exact) mass is 348 g/mol. The first kappa shape index (κ1) is 16.1. The van der Waals surface area contributed by atoms with E-state index < -0.39 is 6.10 Å². The van der Waals surface area contributed by atoms with Gasteiger partial charge in [0.2, 0.25) is 0 Å². The summed E-state index contributed by atoms with van der Waals surface area (Å²) in [7, 11) is 0. The van der Waals surface area contributed by atoms with Crippen molar-refractivity contribution >= 4 is 15.9 Å². The number of halogens is 1. The summed E-state index contributed by atoms with van der Waals surface area (Å²) in [6.45, 7) is 8.57. The zero-order chi connectivity index (χ0) is 15.6. The molecule has 3 heteroatoms. The summed E-state index contributed by atoms with van der Waals surface area (Å²) in [5.41, 5.74) is 5.75. The smallest absolute Gasteiger partial charge is 0.126 e. The van der Waals surface area contributed by atoms with Crippen LogP contribution in [-0.2, 0) is 6.61 Å². The van der Waals surface area contributed by atoms with E-state index >= 15 is 0 Å². The van der Waals surface area contributed by atoms with Crippen molar-refractivity contribution < 1.29 is 9.84 Å². The lowest BCUT2D eigenvalue weighted by Crippen LogP contribution is -2.04. The highest BCUT2D eigenvalue weighted by atomic mass is 79.9. The summed E-state index contributed by atoms with van der Waals surface area (Å²) in [4.78, 5) is 0. The average Bonchev–Trinajstić information content (AvgIpc) is 2.37. The van der Waals surface area contributed by atoms with E-state index in [4.69, 9.17) is 4.74 Å². The lowest BCUT2D eigenvalue weighted by molar-refractivity contribution is 0.190. The van der Waals surface area contributed by atoms with Gasteiger partial charge < -0.3 is 9.84 Å². The maximum Gasteiger partial charge on any atom is 0.126 e. The first-order chi connectivity index (χ1) is 9.88. The molecular formula is C18H21BrO2. The van der Waals surface area contributed by atoms with Crippen LogP contribution in [-0.4, -0.2) is 5.11 Å². The number of rotatable bonds is 4. The number of hydrogen-bond acceptors (Lipinski definition) is 2. The van der Waals surface area contributed by atoms with Gasteiger partial charge in [0, 0.05) is 10.0 Å². The van der Waals surface area contributed by atoms with Gasteiger partial charge in [0.25, 0.3) is 0 Å². The fourth-order valence-electron chi connectivity index (χ4n) is 2.57. The molecule has 2 nitrogen and oxygen atoms in total. The summed E-state index contributed by atoms with van der Waals surface area (Å²) < 4.78 is 6.92. The summed E-state index contributed by atoms with van der Waals surface area (Å²) >= 11 is 3.45. The average molecular weight is 349 g/mol. The van der Waals surface area contributed by atoms with E-state index in [1.807, 2.05) is 18.2 Å². The van der Waals surface area contributed by atoms with Crippen molar-refractivity contribution in [1.82, 2.24) is 0 Å². The molecule has 1 N–H and O–H groups in total. The number of aliphatic hydroxyl groups excluding tert-OH is 1. The molecule has 0 saturated heterocycles. The molecule has 0 bridgehead atoms. The zero-order valence-electron chi connectivity index (χ0n) is 12.9. The molecule has 0 aliphatic rings. The van der Waals surface area contributed by atoms with Gasteiger partial charge in [-0.25, -0.2) is 0 Å². The SMILES string of the molecule is Cc1cc(C)c(COc2cc(Br)ccc2[C@@H](C)O)c(C)c1. The Hall–Kier alpha value is -1.32. The van der Waals surface area contributed by atoms with Crippen molar-refractivity contribution in [3.8, 4) is 5.75 Å². The topological polar surface area (TPSA) is 29.5 Å². The highest BCUT2D eigenvalue weighted by molar-refractivity contribution is 9.10. The number of aliphatic hydroxyl groups is 1. The Balaban J connectivity index is 2.26. The van der Waals surface area contributed by atoms with Crippen LogP contribution in [0.3, 0.4) is 0 Å². The minimum absolute atomic E-state index is 0.508. The first-order valence-electron chi connectivity index (χ1n) is 7.05. The van der Waals surface area contributed by atoms with Crippen LogP contribution >= 0.6 is 15.9 Å². The second-order valence-corrected chi connectivity index (χ2v) is 6.44. The third-order valence-electron chi connectivity index (χ3n) is 3.64. The first-order valence-corrected chi connectivity index (χ1v) is 7.85. The highest BCUT2D eigenvalue weighted by Crippen LogP contribution is 2.30. The lowest BCUT2D eigenvalue weighted by Gasteiger charge is -2.16. The number of ether oxygens (including phenoxy) is 1. The molecule has 0 aromatic heterocycles. The molecule has 2 aromatic rings. The van der Waals surface area contributed by atoms with Crippen LogP contribution in [0, 0.1) is 20.8 Å². The maximum absolute atomic E-state index is 9.84. The Kier molecular flexibility index (Phi) is 5.07. The third-order valence-corrected chi connectivity index (χ3v) is 4.13. The Bertz CT molecular complexity index is 625. The minimum Gasteiger partial charge on any atom is -0.488 e. The van der Waals surface area contributed by atoms with Crippen molar-refractivity contribution in [3.05, 3.63) is 62.6 Å². The molecule has 0 amide bonds. The molecule has 2 rings (SSSR count). The Morgan fingerprint density at radius 2 is 1.71 bits per heavy atom. The summed E-state index contributed by atoms with van der Waals surface area (Å²) in [5, 5.41) is 9.84. The molecule has 1 atom stereocenters. The molecule has 0 unspecified atom stereocenters. The highest BCUT2D eigenvalue weighted by Gasteiger charge is 2.11. The quantitative estimate of drug-likeness (QED) is 0.841. The van der Waals surface area contributed by atoms with Crippen LogP contribution in [0.15, 0.2) is 34.8 Å². The van der Waals surface area contributed by atoms with E-state index in [-0.39, 0.29) is 0 Å². The molecule has 0 fully saturated rings. The van der Waals surface area contributed by atoms with Crippen molar-refractivity contribution in [2.24, 2.45) is 0 Å². The maximum atomic E-state index is 9.84. The van der Waals surface area contributed by atoms with Gasteiger partial charge in [-0.05, 0) is 56.5 Å². The predicted octanol–water partition coefficient (Wildman–Crippen LogP) is 5.01. The lowest BCUT2D eigenvalue weighted by atomic mass is 10.0. The predicted molar refractivity (Wildman–Crippen MR) is 89.8 cm³/mol. The normalized spacial score (nSPS) is 12.3. The van der Waals surface area contributed by atoms with Gasteiger partial charge in [-0.3, -0.25) is 0 Å². The molecule has 0 saturated carbocycles. The van der Waals surface area contributed by atoms with Crippen LogP contribution in [0.2, 0.25) is 0 Å². The van der Waals surface area contributed by atoms with Gasteiger partial charge in [-0.15, -0.1) is 0 Å². The number of benzene rings is 2. The second kappa shape index (κ2) is 6.63. The van der Waals surface area contributed by atoms with Gasteiger partial charge in [-0.2, -0.15) is 0 Å². The zero-order valence-corrected chi connectivity index (χ0v) is 14.5. The van der Waals surface area contributed by atoms with Crippen LogP contribution in [0.25, 0.3) is 0 Å². The van der Waals surface area contributed by atoms with E-state index in [0.29, 0.717) is 6.61 Å². The molecule has 21 heavy (non-hydrogen) atoms. The largest absolute Gasteiger partial charge is 0.488 e. The van der Waals surface area contributed by atoms with E-state index in [1.165, 1.54) is 22.3 Å². The van der Waals surface area contributed by atoms with Gasteiger partial charge in [0.1, 0.15) is 12.4 Å². The molecule has 0 radical (unpaired) electrons.